The van der Waals surface area contributed by atoms with Crippen molar-refractivity contribution in [1.82, 2.24) is 4.57 Å². The van der Waals surface area contributed by atoms with Crippen molar-refractivity contribution in [3.05, 3.63) is 52.8 Å². The van der Waals surface area contributed by atoms with E-state index < -0.39 is 0 Å². The third-order valence-electron chi connectivity index (χ3n) is 3.72. The van der Waals surface area contributed by atoms with Crippen molar-refractivity contribution in [2.45, 2.75) is 46.6 Å². The maximum atomic E-state index is 9.33. The van der Waals surface area contributed by atoms with Crippen LogP contribution in [0.3, 0.4) is 0 Å². The monoisotopic (exact) mass is 257 g/mol. The third kappa shape index (κ3) is 2.90. The molecule has 2 rings (SSSR count). The molecule has 19 heavy (non-hydrogen) atoms. The van der Waals surface area contributed by atoms with E-state index in [-0.39, 0.29) is 6.61 Å². The zero-order chi connectivity index (χ0) is 13.8. The van der Waals surface area contributed by atoms with E-state index in [9.17, 15) is 5.11 Å². The zero-order valence-corrected chi connectivity index (χ0v) is 12.1. The summed E-state index contributed by atoms with van der Waals surface area (Å²) in [5.41, 5.74) is 5.88. The molecule has 102 valence electrons. The van der Waals surface area contributed by atoms with Gasteiger partial charge in [-0.3, -0.25) is 0 Å². The van der Waals surface area contributed by atoms with Crippen molar-refractivity contribution in [1.29, 1.82) is 0 Å². The molecule has 1 N–H and O–H groups in total. The normalized spacial score (nSPS) is 10.9. The Morgan fingerprint density at radius 1 is 1.11 bits per heavy atom. The van der Waals surface area contributed by atoms with E-state index in [2.05, 4.69) is 55.7 Å². The molecule has 1 aromatic carbocycles. The van der Waals surface area contributed by atoms with Crippen molar-refractivity contribution >= 4 is 0 Å². The van der Waals surface area contributed by atoms with Crippen LogP contribution in [0, 0.1) is 13.8 Å². The van der Waals surface area contributed by atoms with Gasteiger partial charge in [0.2, 0.25) is 0 Å². The van der Waals surface area contributed by atoms with Gasteiger partial charge in [0.1, 0.15) is 0 Å². The number of aromatic nitrogens is 1. The Morgan fingerprint density at radius 3 is 2.32 bits per heavy atom. The van der Waals surface area contributed by atoms with Crippen LogP contribution in [0.25, 0.3) is 5.69 Å². The summed E-state index contributed by atoms with van der Waals surface area (Å²) in [6.07, 6.45) is 3.63. The van der Waals surface area contributed by atoms with Crippen LogP contribution in [0.1, 0.15) is 42.3 Å². The standard InChI is InChI=1S/C17H23NO/c1-4-5-6-15-7-9-17(10-8-15)18-13(2)11-16(12-19)14(18)3/h7-11,19H,4-6,12H2,1-3H3. The Hall–Kier alpha value is -1.54. The number of nitrogens with zero attached hydrogens (tertiary/aromatic N) is 1. The van der Waals surface area contributed by atoms with Crippen molar-refractivity contribution in [3.63, 3.8) is 0 Å². The summed E-state index contributed by atoms with van der Waals surface area (Å²) in [5, 5.41) is 9.33. The average molecular weight is 257 g/mol. The fraction of sp³-hybridized carbons (Fsp3) is 0.412. The molecular formula is C17H23NO. The van der Waals surface area contributed by atoms with Crippen molar-refractivity contribution in [3.8, 4) is 5.69 Å². The summed E-state index contributed by atoms with van der Waals surface area (Å²) in [7, 11) is 0. The summed E-state index contributed by atoms with van der Waals surface area (Å²) in [6, 6.07) is 10.8. The topological polar surface area (TPSA) is 25.2 Å². The molecule has 0 radical (unpaired) electrons. The molecular weight excluding hydrogens is 234 g/mol. The van der Waals surface area contributed by atoms with E-state index >= 15 is 0 Å². The van der Waals surface area contributed by atoms with Gasteiger partial charge in [-0.25, -0.2) is 0 Å². The molecule has 2 nitrogen and oxygen atoms in total. The molecule has 0 spiro atoms. The predicted octanol–water partition coefficient (Wildman–Crippen LogP) is 3.93. The van der Waals surface area contributed by atoms with E-state index in [0.29, 0.717) is 0 Å². The molecule has 0 saturated carbocycles. The van der Waals surface area contributed by atoms with Gasteiger partial charge >= 0.3 is 0 Å². The van der Waals surface area contributed by atoms with Crippen LogP contribution < -0.4 is 0 Å². The minimum absolute atomic E-state index is 0.105. The van der Waals surface area contributed by atoms with E-state index in [0.717, 1.165) is 17.7 Å². The summed E-state index contributed by atoms with van der Waals surface area (Å²) in [4.78, 5) is 0. The highest BCUT2D eigenvalue weighted by Gasteiger charge is 2.09. The van der Waals surface area contributed by atoms with Gasteiger partial charge in [0.25, 0.3) is 0 Å². The summed E-state index contributed by atoms with van der Waals surface area (Å²) in [6.45, 7) is 6.46. The lowest BCUT2D eigenvalue weighted by molar-refractivity contribution is 0.281. The third-order valence-corrected chi connectivity index (χ3v) is 3.72. The molecule has 2 aromatic rings. The number of aryl methyl sites for hydroxylation is 2. The summed E-state index contributed by atoms with van der Waals surface area (Å²) in [5.74, 6) is 0. The molecule has 2 heteroatoms. The highest BCUT2D eigenvalue weighted by Crippen LogP contribution is 2.21. The molecule has 0 amide bonds. The smallest absolute Gasteiger partial charge is 0.0699 e. The highest BCUT2D eigenvalue weighted by atomic mass is 16.3. The molecule has 0 fully saturated rings. The van der Waals surface area contributed by atoms with Crippen molar-refractivity contribution in [2.75, 3.05) is 0 Å². The van der Waals surface area contributed by atoms with Gasteiger partial charge in [0.05, 0.1) is 6.61 Å². The van der Waals surface area contributed by atoms with Crippen LogP contribution in [0.4, 0.5) is 0 Å². The SMILES string of the molecule is CCCCc1ccc(-n2c(C)cc(CO)c2C)cc1. The quantitative estimate of drug-likeness (QED) is 0.862. The number of aliphatic hydroxyl groups is 1. The Labute approximate surface area is 115 Å². The highest BCUT2D eigenvalue weighted by molar-refractivity contribution is 5.42. The Balaban J connectivity index is 2.29. The van der Waals surface area contributed by atoms with Crippen molar-refractivity contribution < 1.29 is 5.11 Å². The van der Waals surface area contributed by atoms with Gasteiger partial charge < -0.3 is 9.67 Å². The molecule has 0 aliphatic rings. The Morgan fingerprint density at radius 2 is 1.79 bits per heavy atom. The minimum Gasteiger partial charge on any atom is -0.392 e. The largest absolute Gasteiger partial charge is 0.392 e. The van der Waals surface area contributed by atoms with Crippen LogP contribution in [0.5, 0.6) is 0 Å². The summed E-state index contributed by atoms with van der Waals surface area (Å²) >= 11 is 0. The minimum atomic E-state index is 0.105. The molecule has 1 aromatic heterocycles. The lowest BCUT2D eigenvalue weighted by Crippen LogP contribution is -2.00. The first kappa shape index (κ1) is 13.9. The maximum Gasteiger partial charge on any atom is 0.0699 e. The fourth-order valence-electron chi connectivity index (χ4n) is 2.58. The predicted molar refractivity (Wildman–Crippen MR) is 79.8 cm³/mol. The van der Waals surface area contributed by atoms with Gasteiger partial charge in [-0.1, -0.05) is 25.5 Å². The number of hydrogen-bond donors (Lipinski definition) is 1. The molecule has 1 heterocycles. The molecule has 0 unspecified atom stereocenters. The van der Waals surface area contributed by atoms with Gasteiger partial charge in [-0.05, 0) is 56.0 Å². The molecule has 0 aliphatic heterocycles. The lowest BCUT2D eigenvalue weighted by atomic mass is 10.1. The Kier molecular flexibility index (Phi) is 4.43. The van der Waals surface area contributed by atoms with Crippen LogP contribution in [-0.4, -0.2) is 9.67 Å². The number of benzene rings is 1. The van der Waals surface area contributed by atoms with Gasteiger partial charge in [-0.15, -0.1) is 0 Å². The van der Waals surface area contributed by atoms with Crippen LogP contribution in [0.15, 0.2) is 30.3 Å². The van der Waals surface area contributed by atoms with Gasteiger partial charge in [-0.2, -0.15) is 0 Å². The number of unbranched alkanes of at least 4 members (excludes halogenated alkanes) is 1. The second-order valence-electron chi connectivity index (χ2n) is 5.16. The zero-order valence-electron chi connectivity index (χ0n) is 12.1. The first-order valence-corrected chi connectivity index (χ1v) is 7.05. The maximum absolute atomic E-state index is 9.33. The van der Waals surface area contributed by atoms with E-state index in [4.69, 9.17) is 0 Å². The second-order valence-corrected chi connectivity index (χ2v) is 5.16. The van der Waals surface area contributed by atoms with E-state index in [1.54, 1.807) is 0 Å². The molecule has 0 bridgehead atoms. The van der Waals surface area contributed by atoms with Crippen LogP contribution in [0.2, 0.25) is 0 Å². The average Bonchev–Trinajstić information content (AvgIpc) is 2.72. The first-order chi connectivity index (χ1) is 9.17. The van der Waals surface area contributed by atoms with Crippen molar-refractivity contribution in [2.24, 2.45) is 0 Å². The van der Waals surface area contributed by atoms with Crippen LogP contribution in [-0.2, 0) is 13.0 Å². The fourth-order valence-corrected chi connectivity index (χ4v) is 2.58. The number of aliphatic hydroxyl groups excluding tert-OH is 1. The molecule has 0 atom stereocenters. The number of rotatable bonds is 5. The Bertz CT molecular complexity index is 537. The lowest BCUT2D eigenvalue weighted by Gasteiger charge is -2.11. The van der Waals surface area contributed by atoms with Crippen LogP contribution >= 0.6 is 0 Å². The van der Waals surface area contributed by atoms with E-state index in [1.807, 2.05) is 0 Å². The first-order valence-electron chi connectivity index (χ1n) is 7.05. The molecule has 0 saturated heterocycles. The van der Waals surface area contributed by atoms with Gasteiger partial charge in [0, 0.05) is 17.1 Å². The second kappa shape index (κ2) is 6.07. The molecule has 0 aliphatic carbocycles. The van der Waals surface area contributed by atoms with E-state index in [1.165, 1.54) is 29.8 Å². The summed E-state index contributed by atoms with van der Waals surface area (Å²) < 4.78 is 2.20. The number of hydrogen-bond acceptors (Lipinski definition) is 1. The van der Waals surface area contributed by atoms with Gasteiger partial charge in [0.15, 0.2) is 0 Å².